The van der Waals surface area contributed by atoms with Gasteiger partial charge in [0.25, 0.3) is 0 Å². The molecule has 0 aliphatic carbocycles. The van der Waals surface area contributed by atoms with Crippen LogP contribution < -0.4 is 0 Å². The number of rotatable bonds is 19. The molecule has 2 nitrogen and oxygen atoms in total. The summed E-state index contributed by atoms with van der Waals surface area (Å²) in [6.07, 6.45) is 27.5. The summed E-state index contributed by atoms with van der Waals surface area (Å²) in [5.41, 5.74) is 1.42. The van der Waals surface area contributed by atoms with Crippen molar-refractivity contribution in [3.8, 4) is 0 Å². The molecule has 176 valence electrons. The summed E-state index contributed by atoms with van der Waals surface area (Å²) in [5, 5.41) is 0. The number of nitrogens with zero attached hydrogens (tertiary/aromatic N) is 2. The highest BCUT2D eigenvalue weighted by Gasteiger charge is 2.25. The Bertz CT molecular complexity index is 553. The first-order chi connectivity index (χ1) is 15.3. The molecule has 1 aliphatic rings. The third kappa shape index (κ3) is 11.1. The van der Waals surface area contributed by atoms with E-state index in [1.807, 2.05) is 0 Å². The highest BCUT2D eigenvalue weighted by Crippen LogP contribution is 2.25. The van der Waals surface area contributed by atoms with Crippen molar-refractivity contribution in [2.45, 2.75) is 129 Å². The summed E-state index contributed by atoms with van der Waals surface area (Å²) < 4.78 is 0. The summed E-state index contributed by atoms with van der Waals surface area (Å²) in [5.74, 6) is 0. The highest BCUT2D eigenvalue weighted by molar-refractivity contribution is 5.15. The van der Waals surface area contributed by atoms with Gasteiger partial charge in [0.1, 0.15) is 6.17 Å². The molecule has 0 N–H and O–H groups in total. The second-order valence-electron chi connectivity index (χ2n) is 9.56. The van der Waals surface area contributed by atoms with E-state index in [4.69, 9.17) is 0 Å². The molecule has 0 saturated heterocycles. The Labute approximate surface area is 194 Å². The zero-order valence-corrected chi connectivity index (χ0v) is 20.7. The zero-order valence-electron chi connectivity index (χ0n) is 20.7. The van der Waals surface area contributed by atoms with E-state index in [1.54, 1.807) is 0 Å². The smallest absolute Gasteiger partial charge is 0.101 e. The standard InChI is InChI=1S/C29H50N2/c1-3-5-7-9-11-12-13-15-20-24-30-25-26-31(27-28-21-17-16-18-22-28)29(30)23-19-14-10-8-6-4-2/h16-18,21-22,25-26,29H,3-15,19-20,23-24,27H2,1-2H3. The summed E-state index contributed by atoms with van der Waals surface area (Å²) >= 11 is 0. The molecule has 2 heteroatoms. The first-order valence-corrected chi connectivity index (χ1v) is 13.6. The van der Waals surface area contributed by atoms with Crippen LogP contribution in [0.2, 0.25) is 0 Å². The normalized spacial score (nSPS) is 15.9. The lowest BCUT2D eigenvalue weighted by atomic mass is 10.1. The SMILES string of the molecule is CCCCCCCCCCCN1C=CN(Cc2ccccc2)C1CCCCCCCC. The van der Waals surface area contributed by atoms with Gasteiger partial charge in [-0.1, -0.05) is 128 Å². The maximum atomic E-state index is 2.64. The van der Waals surface area contributed by atoms with E-state index in [1.165, 1.54) is 115 Å². The molecule has 1 aliphatic heterocycles. The maximum absolute atomic E-state index is 2.64. The average Bonchev–Trinajstić information content (AvgIpc) is 3.17. The van der Waals surface area contributed by atoms with Gasteiger partial charge < -0.3 is 9.80 Å². The van der Waals surface area contributed by atoms with Crippen LogP contribution in [0, 0.1) is 0 Å². The van der Waals surface area contributed by atoms with Crippen molar-refractivity contribution in [3.05, 3.63) is 48.3 Å². The number of unbranched alkanes of at least 4 members (excludes halogenated alkanes) is 13. The summed E-state index contributed by atoms with van der Waals surface area (Å²) in [7, 11) is 0. The Morgan fingerprint density at radius 2 is 1.10 bits per heavy atom. The van der Waals surface area contributed by atoms with E-state index in [9.17, 15) is 0 Å². The minimum atomic E-state index is 0.556. The Hall–Kier alpha value is -1.44. The molecule has 0 bridgehead atoms. The first-order valence-electron chi connectivity index (χ1n) is 13.6. The number of hydrogen-bond acceptors (Lipinski definition) is 2. The number of benzene rings is 1. The van der Waals surface area contributed by atoms with E-state index >= 15 is 0 Å². The van der Waals surface area contributed by atoms with Crippen molar-refractivity contribution in [3.63, 3.8) is 0 Å². The lowest BCUT2D eigenvalue weighted by Gasteiger charge is -2.33. The summed E-state index contributed by atoms with van der Waals surface area (Å²) in [6, 6.07) is 11.0. The molecule has 1 heterocycles. The summed E-state index contributed by atoms with van der Waals surface area (Å²) in [6.45, 7) is 6.85. The van der Waals surface area contributed by atoms with Crippen molar-refractivity contribution in [1.82, 2.24) is 9.80 Å². The topological polar surface area (TPSA) is 6.48 Å². The third-order valence-electron chi connectivity index (χ3n) is 6.76. The van der Waals surface area contributed by atoms with E-state index in [2.05, 4.69) is 66.4 Å². The molecule has 2 rings (SSSR count). The van der Waals surface area contributed by atoms with Gasteiger partial charge in [0.15, 0.2) is 0 Å². The quantitative estimate of drug-likeness (QED) is 0.204. The van der Waals surface area contributed by atoms with Crippen molar-refractivity contribution < 1.29 is 0 Å². The van der Waals surface area contributed by atoms with Gasteiger partial charge >= 0.3 is 0 Å². The van der Waals surface area contributed by atoms with Crippen molar-refractivity contribution in [1.29, 1.82) is 0 Å². The minimum absolute atomic E-state index is 0.556. The van der Waals surface area contributed by atoms with E-state index < -0.39 is 0 Å². The Morgan fingerprint density at radius 3 is 1.71 bits per heavy atom. The molecule has 0 amide bonds. The van der Waals surface area contributed by atoms with Crippen LogP contribution in [-0.2, 0) is 6.54 Å². The second kappa shape index (κ2) is 17.2. The first kappa shape index (κ1) is 25.8. The second-order valence-corrected chi connectivity index (χ2v) is 9.56. The van der Waals surface area contributed by atoms with Gasteiger partial charge in [-0.3, -0.25) is 0 Å². The van der Waals surface area contributed by atoms with E-state index in [0.717, 1.165) is 6.54 Å². The van der Waals surface area contributed by atoms with Crippen LogP contribution in [0.15, 0.2) is 42.7 Å². The lowest BCUT2D eigenvalue weighted by molar-refractivity contribution is 0.132. The Kier molecular flexibility index (Phi) is 14.3. The van der Waals surface area contributed by atoms with Crippen LogP contribution in [0.5, 0.6) is 0 Å². The van der Waals surface area contributed by atoms with Gasteiger partial charge in [-0.25, -0.2) is 0 Å². The fourth-order valence-corrected chi connectivity index (χ4v) is 4.78. The monoisotopic (exact) mass is 426 g/mol. The molecular formula is C29H50N2. The predicted octanol–water partition coefficient (Wildman–Crippen LogP) is 8.88. The van der Waals surface area contributed by atoms with Crippen molar-refractivity contribution in [2.24, 2.45) is 0 Å². The van der Waals surface area contributed by atoms with Crippen LogP contribution in [-0.4, -0.2) is 22.5 Å². The van der Waals surface area contributed by atoms with Gasteiger partial charge in [-0.2, -0.15) is 0 Å². The minimum Gasteiger partial charge on any atom is -0.356 e. The van der Waals surface area contributed by atoms with Gasteiger partial charge in [-0.05, 0) is 24.8 Å². The van der Waals surface area contributed by atoms with Crippen LogP contribution in [0.3, 0.4) is 0 Å². The van der Waals surface area contributed by atoms with Gasteiger partial charge in [0.05, 0.1) is 0 Å². The van der Waals surface area contributed by atoms with Gasteiger partial charge in [0.2, 0.25) is 0 Å². The molecule has 31 heavy (non-hydrogen) atoms. The zero-order chi connectivity index (χ0) is 22.0. The van der Waals surface area contributed by atoms with E-state index in [-0.39, 0.29) is 0 Å². The number of hydrogen-bond donors (Lipinski definition) is 0. The molecule has 1 unspecified atom stereocenters. The third-order valence-corrected chi connectivity index (χ3v) is 6.76. The largest absolute Gasteiger partial charge is 0.356 e. The average molecular weight is 427 g/mol. The molecule has 0 radical (unpaired) electrons. The molecule has 0 saturated carbocycles. The Morgan fingerprint density at radius 1 is 0.581 bits per heavy atom. The van der Waals surface area contributed by atoms with Crippen LogP contribution >= 0.6 is 0 Å². The van der Waals surface area contributed by atoms with Gasteiger partial charge in [0, 0.05) is 25.5 Å². The molecule has 1 aromatic rings. The maximum Gasteiger partial charge on any atom is 0.101 e. The van der Waals surface area contributed by atoms with Crippen molar-refractivity contribution in [2.75, 3.05) is 6.54 Å². The molecule has 1 aromatic carbocycles. The lowest BCUT2D eigenvalue weighted by Crippen LogP contribution is -2.38. The van der Waals surface area contributed by atoms with Crippen LogP contribution in [0.25, 0.3) is 0 Å². The molecular weight excluding hydrogens is 376 g/mol. The highest BCUT2D eigenvalue weighted by atomic mass is 15.4. The fourth-order valence-electron chi connectivity index (χ4n) is 4.78. The van der Waals surface area contributed by atoms with Crippen molar-refractivity contribution >= 4 is 0 Å². The molecule has 0 fully saturated rings. The fraction of sp³-hybridized carbons (Fsp3) is 0.724. The molecule has 0 aromatic heterocycles. The molecule has 0 spiro atoms. The van der Waals surface area contributed by atoms with Crippen LogP contribution in [0.4, 0.5) is 0 Å². The van der Waals surface area contributed by atoms with Gasteiger partial charge in [-0.15, -0.1) is 0 Å². The van der Waals surface area contributed by atoms with Crippen LogP contribution in [0.1, 0.15) is 122 Å². The predicted molar refractivity (Wildman–Crippen MR) is 137 cm³/mol. The Balaban J connectivity index is 1.71. The van der Waals surface area contributed by atoms with E-state index in [0.29, 0.717) is 6.17 Å². The molecule has 1 atom stereocenters. The summed E-state index contributed by atoms with van der Waals surface area (Å²) in [4.78, 5) is 5.21.